The van der Waals surface area contributed by atoms with Gasteiger partial charge in [0, 0.05) is 32.0 Å². The van der Waals surface area contributed by atoms with Crippen LogP contribution in [-0.4, -0.2) is 64.4 Å². The summed E-state index contributed by atoms with van der Waals surface area (Å²) < 4.78 is 38.2. The fourth-order valence-corrected chi connectivity index (χ4v) is 5.53. The first-order chi connectivity index (χ1) is 20.4. The van der Waals surface area contributed by atoms with Gasteiger partial charge in [-0.25, -0.2) is 14.2 Å². The molecule has 0 amide bonds. The average molecular weight is 595 g/mol. The zero-order valence-electron chi connectivity index (χ0n) is 23.3. The van der Waals surface area contributed by atoms with E-state index in [2.05, 4.69) is 14.5 Å². The monoisotopic (exact) mass is 594 g/mol. The van der Waals surface area contributed by atoms with Crippen molar-refractivity contribution in [3.8, 4) is 11.5 Å². The molecule has 2 fully saturated rings. The van der Waals surface area contributed by atoms with E-state index in [1.807, 2.05) is 24.3 Å². The number of aromatic nitrogens is 3. The van der Waals surface area contributed by atoms with Gasteiger partial charge in [0.05, 0.1) is 53.6 Å². The van der Waals surface area contributed by atoms with Crippen molar-refractivity contribution >= 4 is 28.6 Å². The quantitative estimate of drug-likeness (QED) is 0.225. The van der Waals surface area contributed by atoms with Gasteiger partial charge in [-0.2, -0.15) is 0 Å². The summed E-state index contributed by atoms with van der Waals surface area (Å²) in [5, 5.41) is 0.215. The number of imidazole rings is 1. The van der Waals surface area contributed by atoms with Crippen LogP contribution >= 0.6 is 11.6 Å². The summed E-state index contributed by atoms with van der Waals surface area (Å²) in [5.41, 5.74) is 2.97. The molecule has 0 N–H and O–H groups in total. The highest BCUT2D eigenvalue weighted by Crippen LogP contribution is 2.27. The topological polar surface area (TPSA) is 87.9 Å². The molecule has 2 aromatic carbocycles. The molecular weight excluding hydrogens is 563 g/mol. The summed E-state index contributed by atoms with van der Waals surface area (Å²) in [6.45, 7) is 4.11. The Morgan fingerprint density at radius 3 is 2.69 bits per heavy atom. The number of methoxy groups -OCH3 is 1. The van der Waals surface area contributed by atoms with E-state index in [0.717, 1.165) is 61.6 Å². The van der Waals surface area contributed by atoms with Crippen LogP contribution in [0.3, 0.4) is 0 Å². The summed E-state index contributed by atoms with van der Waals surface area (Å²) in [5.74, 6) is 1.32. The summed E-state index contributed by atoms with van der Waals surface area (Å²) in [7, 11) is 1.39. The average Bonchev–Trinajstić information content (AvgIpc) is 3.31. The molecule has 9 nitrogen and oxygen atoms in total. The molecule has 2 saturated heterocycles. The van der Waals surface area contributed by atoms with Gasteiger partial charge < -0.3 is 23.5 Å². The van der Waals surface area contributed by atoms with Gasteiger partial charge in [-0.3, -0.25) is 9.88 Å². The van der Waals surface area contributed by atoms with E-state index in [4.69, 9.17) is 35.5 Å². The summed E-state index contributed by atoms with van der Waals surface area (Å²) in [4.78, 5) is 23.8. The SMILES string of the molecule is COC(=O)c1ccc2nc(CN3CCC(Oc4ccnc(COc5ccc(F)cc5Cl)c4)CC3)n(CC3CCO3)c2c1. The Bertz CT molecular complexity index is 1570. The van der Waals surface area contributed by atoms with Crippen molar-refractivity contribution in [2.45, 2.75) is 51.2 Å². The number of fused-ring (bicyclic) bond motifs is 1. The normalized spacial score (nSPS) is 17.6. The third-order valence-electron chi connectivity index (χ3n) is 7.69. The van der Waals surface area contributed by atoms with Gasteiger partial charge >= 0.3 is 5.97 Å². The Morgan fingerprint density at radius 2 is 1.95 bits per heavy atom. The molecule has 11 heteroatoms. The van der Waals surface area contributed by atoms with Crippen LogP contribution in [0, 0.1) is 5.82 Å². The van der Waals surface area contributed by atoms with E-state index in [1.165, 1.54) is 25.3 Å². The van der Waals surface area contributed by atoms with Crippen molar-refractivity contribution in [1.29, 1.82) is 0 Å². The van der Waals surface area contributed by atoms with Crippen LogP contribution in [0.5, 0.6) is 11.5 Å². The number of hydrogen-bond acceptors (Lipinski definition) is 8. The van der Waals surface area contributed by atoms with E-state index in [9.17, 15) is 9.18 Å². The minimum absolute atomic E-state index is 0.0776. The lowest BCUT2D eigenvalue weighted by Gasteiger charge is -2.32. The molecule has 42 heavy (non-hydrogen) atoms. The molecule has 2 aromatic heterocycles. The predicted octanol–water partition coefficient (Wildman–Crippen LogP) is 5.42. The summed E-state index contributed by atoms with van der Waals surface area (Å²) >= 11 is 6.06. The number of rotatable bonds is 10. The number of piperidine rings is 1. The highest BCUT2D eigenvalue weighted by atomic mass is 35.5. The molecule has 4 heterocycles. The molecule has 0 bridgehead atoms. The number of esters is 1. The van der Waals surface area contributed by atoms with E-state index in [0.29, 0.717) is 30.1 Å². The molecule has 0 spiro atoms. The lowest BCUT2D eigenvalue weighted by atomic mass is 10.1. The van der Waals surface area contributed by atoms with Gasteiger partial charge in [0.1, 0.15) is 35.9 Å². The maximum absolute atomic E-state index is 13.3. The van der Waals surface area contributed by atoms with Gasteiger partial charge in [-0.15, -0.1) is 0 Å². The van der Waals surface area contributed by atoms with Gasteiger partial charge in [0.25, 0.3) is 0 Å². The largest absolute Gasteiger partial charge is 0.490 e. The molecule has 2 aliphatic rings. The van der Waals surface area contributed by atoms with Gasteiger partial charge in [0.2, 0.25) is 0 Å². The van der Waals surface area contributed by atoms with Crippen molar-refractivity contribution in [1.82, 2.24) is 19.4 Å². The van der Waals surface area contributed by atoms with Gasteiger partial charge in [-0.05, 0) is 61.7 Å². The minimum Gasteiger partial charge on any atom is -0.490 e. The van der Waals surface area contributed by atoms with E-state index >= 15 is 0 Å². The van der Waals surface area contributed by atoms with E-state index < -0.39 is 5.82 Å². The van der Waals surface area contributed by atoms with Crippen LogP contribution in [0.15, 0.2) is 54.7 Å². The fourth-order valence-electron chi connectivity index (χ4n) is 5.30. The Hall–Kier alpha value is -3.73. The molecule has 2 aliphatic heterocycles. The third-order valence-corrected chi connectivity index (χ3v) is 7.98. The van der Waals surface area contributed by atoms with Crippen LogP contribution in [0.25, 0.3) is 11.0 Å². The van der Waals surface area contributed by atoms with Crippen molar-refractivity contribution in [3.63, 3.8) is 0 Å². The number of pyridine rings is 1. The molecule has 0 radical (unpaired) electrons. The van der Waals surface area contributed by atoms with Crippen molar-refractivity contribution in [2.24, 2.45) is 0 Å². The second-order valence-corrected chi connectivity index (χ2v) is 11.0. The first-order valence-electron chi connectivity index (χ1n) is 14.1. The molecule has 6 rings (SSSR count). The number of ether oxygens (including phenoxy) is 4. The number of halogens is 2. The number of carbonyl (C=O) groups is 1. The highest BCUT2D eigenvalue weighted by molar-refractivity contribution is 6.32. The minimum atomic E-state index is -0.414. The standard InChI is InChI=1S/C31H32ClFN4O5/c1-39-31(38)20-2-4-27-28(14-20)37(17-25-9-13-40-25)30(35-27)18-36-11-7-23(8-12-36)42-24-6-10-34-22(16-24)19-41-29-5-3-21(33)15-26(29)32/h2-6,10,14-16,23,25H,7-9,11-13,17-19H2,1H3. The lowest BCUT2D eigenvalue weighted by Crippen LogP contribution is -2.39. The molecule has 1 atom stereocenters. The van der Waals surface area contributed by atoms with Crippen molar-refractivity contribution in [3.05, 3.63) is 82.6 Å². The zero-order chi connectivity index (χ0) is 29.1. The third kappa shape index (κ3) is 6.51. The Morgan fingerprint density at radius 1 is 1.12 bits per heavy atom. The fraction of sp³-hybridized carbons (Fsp3) is 0.387. The molecule has 4 aromatic rings. The number of benzene rings is 2. The number of hydrogen-bond donors (Lipinski definition) is 0. The van der Waals surface area contributed by atoms with E-state index in [1.54, 1.807) is 12.3 Å². The molecule has 0 aliphatic carbocycles. The summed E-state index contributed by atoms with van der Waals surface area (Å²) in [6, 6.07) is 13.2. The predicted molar refractivity (Wildman–Crippen MR) is 154 cm³/mol. The first-order valence-corrected chi connectivity index (χ1v) is 14.4. The summed E-state index contributed by atoms with van der Waals surface area (Å²) in [6.07, 6.45) is 4.69. The second-order valence-electron chi connectivity index (χ2n) is 10.6. The van der Waals surface area contributed by atoms with Crippen LogP contribution in [0.4, 0.5) is 4.39 Å². The molecule has 0 saturated carbocycles. The number of carbonyl (C=O) groups excluding carboxylic acids is 1. The second kappa shape index (κ2) is 12.6. The highest BCUT2D eigenvalue weighted by Gasteiger charge is 2.26. The van der Waals surface area contributed by atoms with E-state index in [-0.39, 0.29) is 29.8 Å². The first kappa shape index (κ1) is 28.4. The number of nitrogens with zero attached hydrogens (tertiary/aromatic N) is 4. The Kier molecular flexibility index (Phi) is 8.55. The Balaban J connectivity index is 1.07. The van der Waals surface area contributed by atoms with Crippen molar-refractivity contribution in [2.75, 3.05) is 26.8 Å². The molecule has 1 unspecified atom stereocenters. The van der Waals surface area contributed by atoms with Crippen LogP contribution in [0.2, 0.25) is 5.02 Å². The zero-order valence-corrected chi connectivity index (χ0v) is 24.1. The van der Waals surface area contributed by atoms with Gasteiger partial charge in [-0.1, -0.05) is 11.6 Å². The van der Waals surface area contributed by atoms with Crippen molar-refractivity contribution < 1.29 is 28.1 Å². The van der Waals surface area contributed by atoms with Crippen LogP contribution < -0.4 is 9.47 Å². The van der Waals surface area contributed by atoms with Crippen LogP contribution in [0.1, 0.15) is 41.1 Å². The van der Waals surface area contributed by atoms with Crippen LogP contribution in [-0.2, 0) is 29.2 Å². The maximum atomic E-state index is 13.3. The molecule has 220 valence electrons. The lowest BCUT2D eigenvalue weighted by molar-refractivity contribution is -0.0592. The molecular formula is C31H32ClFN4O5. The smallest absolute Gasteiger partial charge is 0.337 e. The maximum Gasteiger partial charge on any atom is 0.337 e. The Labute approximate surface area is 248 Å². The number of likely N-dealkylation sites (tertiary alicyclic amines) is 1. The van der Waals surface area contributed by atoms with Gasteiger partial charge in [0.15, 0.2) is 0 Å².